The van der Waals surface area contributed by atoms with Gasteiger partial charge in [0.1, 0.15) is 6.10 Å². The molecule has 208 valence electrons. The Morgan fingerprint density at radius 3 is 2.66 bits per heavy atom. The van der Waals surface area contributed by atoms with Crippen molar-refractivity contribution in [1.29, 1.82) is 0 Å². The third-order valence-electron chi connectivity index (χ3n) is 6.40. The van der Waals surface area contributed by atoms with E-state index in [-0.39, 0.29) is 35.8 Å². The van der Waals surface area contributed by atoms with Gasteiger partial charge in [0.05, 0.1) is 48.8 Å². The number of amides is 1. The van der Waals surface area contributed by atoms with Gasteiger partial charge in [-0.05, 0) is 50.5 Å². The number of hydrogen-bond donors (Lipinski definition) is 3. The van der Waals surface area contributed by atoms with Crippen molar-refractivity contribution in [3.05, 3.63) is 60.2 Å². The second kappa shape index (κ2) is 12.4. The van der Waals surface area contributed by atoms with Gasteiger partial charge >= 0.3 is 6.09 Å². The number of nitrogens with one attached hydrogen (secondary N) is 1. The predicted octanol–water partition coefficient (Wildman–Crippen LogP) is 2.06. The Kier molecular flexibility index (Phi) is 9.23. The predicted molar refractivity (Wildman–Crippen MR) is 138 cm³/mol. The van der Waals surface area contributed by atoms with E-state index >= 15 is 0 Å². The van der Waals surface area contributed by atoms with Crippen LogP contribution in [-0.4, -0.2) is 74.5 Å². The summed E-state index contributed by atoms with van der Waals surface area (Å²) in [7, 11) is -4.18. The van der Waals surface area contributed by atoms with Crippen LogP contribution >= 0.6 is 0 Å². The van der Waals surface area contributed by atoms with Crippen LogP contribution in [-0.2, 0) is 35.5 Å². The summed E-state index contributed by atoms with van der Waals surface area (Å²) in [6.07, 6.45) is -2.49. The molecular formula is C26H35N3O8S. The van der Waals surface area contributed by atoms with Crippen molar-refractivity contribution in [3.8, 4) is 0 Å². The first-order chi connectivity index (χ1) is 18.1. The fourth-order valence-corrected chi connectivity index (χ4v) is 5.93. The van der Waals surface area contributed by atoms with E-state index in [0.29, 0.717) is 6.61 Å². The van der Waals surface area contributed by atoms with Gasteiger partial charge in [-0.3, -0.25) is 4.84 Å². The number of alkyl carbamates (subject to hydrolysis) is 1. The van der Waals surface area contributed by atoms with Crippen LogP contribution in [0.4, 0.5) is 10.5 Å². The Labute approximate surface area is 222 Å². The van der Waals surface area contributed by atoms with Gasteiger partial charge < -0.3 is 30.4 Å². The maximum atomic E-state index is 13.4. The van der Waals surface area contributed by atoms with E-state index in [4.69, 9.17) is 24.8 Å². The zero-order valence-corrected chi connectivity index (χ0v) is 22.3. The number of carbonyl (C=O) groups excluding carboxylic acids is 1. The minimum Gasteiger partial charge on any atom is -0.443 e. The lowest BCUT2D eigenvalue weighted by Crippen LogP contribution is -2.51. The normalized spacial score (nSPS) is 22.8. The maximum Gasteiger partial charge on any atom is 0.407 e. The molecule has 4 rings (SSSR count). The molecule has 0 radical (unpaired) electrons. The molecule has 2 heterocycles. The number of hydroxylamine groups is 1. The molecule has 2 saturated heterocycles. The third kappa shape index (κ3) is 7.01. The molecule has 2 fully saturated rings. The molecule has 0 aliphatic carbocycles. The van der Waals surface area contributed by atoms with Crippen LogP contribution in [0.5, 0.6) is 0 Å². The van der Waals surface area contributed by atoms with Crippen LogP contribution in [0, 0.1) is 5.92 Å². The van der Waals surface area contributed by atoms with Gasteiger partial charge in [0.25, 0.3) is 10.0 Å². The average molecular weight is 550 g/mol. The average Bonchev–Trinajstić information content (AvgIpc) is 3.49. The second-order valence-electron chi connectivity index (χ2n) is 9.69. The zero-order valence-electron chi connectivity index (χ0n) is 21.4. The van der Waals surface area contributed by atoms with Crippen molar-refractivity contribution in [2.75, 3.05) is 25.5 Å². The third-order valence-corrected chi connectivity index (χ3v) is 8.02. The number of rotatable bonds is 11. The quantitative estimate of drug-likeness (QED) is 0.283. The minimum atomic E-state index is -4.18. The van der Waals surface area contributed by atoms with E-state index in [2.05, 4.69) is 5.32 Å². The van der Waals surface area contributed by atoms with Gasteiger partial charge in [-0.25, -0.2) is 13.2 Å². The highest BCUT2D eigenvalue weighted by atomic mass is 32.2. The number of aliphatic hydroxyl groups excluding tert-OH is 1. The van der Waals surface area contributed by atoms with Gasteiger partial charge in [0, 0.05) is 5.69 Å². The number of hydrogen-bond acceptors (Lipinski definition) is 9. The lowest BCUT2D eigenvalue weighted by atomic mass is 10.0. The molecule has 2 unspecified atom stereocenters. The molecule has 5 atom stereocenters. The summed E-state index contributed by atoms with van der Waals surface area (Å²) in [5.74, 6) is -0.0448. The molecule has 2 aromatic rings. The molecule has 1 amide bonds. The highest BCUT2D eigenvalue weighted by Gasteiger charge is 2.44. The molecule has 2 aliphatic heterocycles. The van der Waals surface area contributed by atoms with E-state index in [1.54, 1.807) is 19.9 Å². The molecule has 2 aliphatic rings. The Balaban J connectivity index is 1.51. The summed E-state index contributed by atoms with van der Waals surface area (Å²) in [4.78, 5) is 18.4. The standard InChI is InChI=1S/C26H35N3O8S/c1-17(2)37-29(38(32,33)20-10-6-9-19(27)14-20)15-23(30)22(13-18-7-4-3-5-8-18)28-26(31)36-24-16-35-25-21(24)11-12-34-25/h3-10,14,17,21-25,30H,11-13,15-16,27H2,1-2H3,(H,28,31)/t21-,22?,23?,24-,25+/m0/s1. The van der Waals surface area contributed by atoms with E-state index < -0.39 is 47.0 Å². The van der Waals surface area contributed by atoms with Crippen LogP contribution in [0.2, 0.25) is 0 Å². The Hall–Kier alpha value is -2.74. The van der Waals surface area contributed by atoms with E-state index in [9.17, 15) is 18.3 Å². The summed E-state index contributed by atoms with van der Waals surface area (Å²) < 4.78 is 44.2. The highest BCUT2D eigenvalue weighted by Crippen LogP contribution is 2.33. The van der Waals surface area contributed by atoms with Crippen LogP contribution in [0.3, 0.4) is 0 Å². The lowest BCUT2D eigenvalue weighted by Gasteiger charge is -2.30. The highest BCUT2D eigenvalue weighted by molar-refractivity contribution is 7.89. The Morgan fingerprint density at radius 2 is 1.95 bits per heavy atom. The number of aliphatic hydroxyl groups is 1. The second-order valence-corrected chi connectivity index (χ2v) is 11.5. The summed E-state index contributed by atoms with van der Waals surface area (Å²) >= 11 is 0. The number of nitrogens with zero attached hydrogens (tertiary/aromatic N) is 1. The van der Waals surface area contributed by atoms with E-state index in [1.807, 2.05) is 30.3 Å². The number of nitrogens with two attached hydrogens (primary N) is 1. The lowest BCUT2D eigenvalue weighted by molar-refractivity contribution is -0.136. The minimum absolute atomic E-state index is 0.0448. The fourth-order valence-electron chi connectivity index (χ4n) is 4.53. The van der Waals surface area contributed by atoms with Crippen molar-refractivity contribution in [1.82, 2.24) is 9.79 Å². The molecule has 0 saturated carbocycles. The van der Waals surface area contributed by atoms with Gasteiger partial charge in [-0.15, -0.1) is 0 Å². The molecule has 0 aromatic heterocycles. The Bertz CT molecular complexity index is 1180. The van der Waals surface area contributed by atoms with Crippen LogP contribution < -0.4 is 11.1 Å². The van der Waals surface area contributed by atoms with Crippen LogP contribution in [0.25, 0.3) is 0 Å². The number of fused-ring (bicyclic) bond motifs is 1. The zero-order chi connectivity index (χ0) is 27.3. The van der Waals surface area contributed by atoms with Crippen molar-refractivity contribution in [2.24, 2.45) is 5.92 Å². The topological polar surface area (TPSA) is 150 Å². The first kappa shape index (κ1) is 28.3. The fraction of sp³-hybridized carbons (Fsp3) is 0.500. The molecule has 0 spiro atoms. The van der Waals surface area contributed by atoms with Gasteiger partial charge in [0.15, 0.2) is 6.29 Å². The number of carbonyl (C=O) groups is 1. The molecule has 12 heteroatoms. The van der Waals surface area contributed by atoms with Crippen molar-refractivity contribution < 1.29 is 37.4 Å². The SMILES string of the molecule is CC(C)ON(CC(O)C(Cc1ccccc1)NC(=O)O[C@H]1CO[C@H]2OCC[C@H]21)S(=O)(=O)c1cccc(N)c1. The van der Waals surface area contributed by atoms with Gasteiger partial charge in [-0.2, -0.15) is 0 Å². The summed E-state index contributed by atoms with van der Waals surface area (Å²) in [5.41, 5.74) is 6.90. The first-order valence-corrected chi connectivity index (χ1v) is 14.0. The molecule has 2 aromatic carbocycles. The number of ether oxygens (including phenoxy) is 3. The number of benzene rings is 2. The molecule has 11 nitrogen and oxygen atoms in total. The maximum absolute atomic E-state index is 13.4. The van der Waals surface area contributed by atoms with Crippen molar-refractivity contribution in [2.45, 2.75) is 62.2 Å². The van der Waals surface area contributed by atoms with Crippen LogP contribution in [0.1, 0.15) is 25.8 Å². The van der Waals surface area contributed by atoms with Gasteiger partial charge in [-0.1, -0.05) is 40.9 Å². The van der Waals surface area contributed by atoms with Crippen molar-refractivity contribution in [3.63, 3.8) is 0 Å². The molecule has 0 bridgehead atoms. The smallest absolute Gasteiger partial charge is 0.407 e. The summed E-state index contributed by atoms with van der Waals surface area (Å²) in [6.45, 7) is 3.67. The van der Waals surface area contributed by atoms with E-state index in [0.717, 1.165) is 16.5 Å². The van der Waals surface area contributed by atoms with Crippen LogP contribution in [0.15, 0.2) is 59.5 Å². The molecular weight excluding hydrogens is 514 g/mol. The Morgan fingerprint density at radius 1 is 1.18 bits per heavy atom. The molecule has 4 N–H and O–H groups in total. The summed E-state index contributed by atoms with van der Waals surface area (Å²) in [5, 5.41) is 14.0. The first-order valence-electron chi connectivity index (χ1n) is 12.6. The number of nitrogen functional groups attached to an aromatic ring is 1. The largest absolute Gasteiger partial charge is 0.443 e. The van der Waals surface area contributed by atoms with Gasteiger partial charge in [0.2, 0.25) is 0 Å². The summed E-state index contributed by atoms with van der Waals surface area (Å²) in [6, 6.07) is 14.2. The number of sulfonamides is 1. The van der Waals surface area contributed by atoms with Crippen molar-refractivity contribution >= 4 is 21.8 Å². The monoisotopic (exact) mass is 549 g/mol. The number of anilines is 1. The van der Waals surface area contributed by atoms with E-state index in [1.165, 1.54) is 18.2 Å². The molecule has 38 heavy (non-hydrogen) atoms.